The summed E-state index contributed by atoms with van der Waals surface area (Å²) in [6.45, 7) is 3.05. The normalized spacial score (nSPS) is 14.8. The van der Waals surface area contributed by atoms with Gasteiger partial charge in [0.2, 0.25) is 0 Å². The Morgan fingerprint density at radius 3 is 2.57 bits per heavy atom. The summed E-state index contributed by atoms with van der Waals surface area (Å²) in [5.41, 5.74) is 2.49. The molecular weight excluding hydrogens is 330 g/mol. The Labute approximate surface area is 132 Å². The Kier molecular flexibility index (Phi) is 4.18. The summed E-state index contributed by atoms with van der Waals surface area (Å²) >= 11 is 3.43. The van der Waals surface area contributed by atoms with Crippen molar-refractivity contribution < 1.29 is 4.74 Å². The number of hydrogen-bond donors (Lipinski definition) is 0. The first-order valence-electron chi connectivity index (χ1n) is 6.78. The van der Waals surface area contributed by atoms with E-state index in [1.54, 1.807) is 0 Å². The second-order valence-electron chi connectivity index (χ2n) is 4.77. The average molecular weight is 344 g/mol. The number of rotatable bonds is 2. The third-order valence-electron chi connectivity index (χ3n) is 3.49. The minimum absolute atomic E-state index is 0.568. The summed E-state index contributed by atoms with van der Waals surface area (Å²) in [6.07, 6.45) is 0. The molecule has 2 aromatic rings. The van der Waals surface area contributed by atoms with Crippen molar-refractivity contribution in [3.05, 3.63) is 46.6 Å². The van der Waals surface area contributed by atoms with Crippen molar-refractivity contribution >= 4 is 21.7 Å². The quantitative estimate of drug-likeness (QED) is 0.785. The zero-order chi connectivity index (χ0) is 14.7. The predicted octanol–water partition coefficient (Wildman–Crippen LogP) is 3.22. The minimum Gasteiger partial charge on any atom is -0.378 e. The van der Waals surface area contributed by atoms with Crippen molar-refractivity contribution in [2.24, 2.45) is 0 Å². The van der Waals surface area contributed by atoms with Crippen LogP contribution in [0.5, 0.6) is 0 Å². The van der Waals surface area contributed by atoms with E-state index in [1.807, 2.05) is 36.4 Å². The Morgan fingerprint density at radius 2 is 1.90 bits per heavy atom. The highest BCUT2D eigenvalue weighted by molar-refractivity contribution is 9.10. The maximum absolute atomic E-state index is 9.41. The molecule has 106 valence electrons. The zero-order valence-corrected chi connectivity index (χ0v) is 13.0. The Bertz CT molecular complexity index is 676. The van der Waals surface area contributed by atoms with Crippen molar-refractivity contribution in [1.82, 2.24) is 4.98 Å². The monoisotopic (exact) mass is 343 g/mol. The summed E-state index contributed by atoms with van der Waals surface area (Å²) in [4.78, 5) is 6.70. The first-order valence-corrected chi connectivity index (χ1v) is 7.57. The molecule has 0 spiro atoms. The molecule has 0 radical (unpaired) electrons. The third-order valence-corrected chi connectivity index (χ3v) is 4.07. The van der Waals surface area contributed by atoms with Gasteiger partial charge in [-0.1, -0.05) is 30.3 Å². The average Bonchev–Trinajstić information content (AvgIpc) is 2.55. The van der Waals surface area contributed by atoms with Crippen LogP contribution in [-0.2, 0) is 4.74 Å². The van der Waals surface area contributed by atoms with E-state index in [0.29, 0.717) is 23.4 Å². The van der Waals surface area contributed by atoms with Gasteiger partial charge in [-0.15, -0.1) is 0 Å². The molecule has 21 heavy (non-hydrogen) atoms. The van der Waals surface area contributed by atoms with Crippen LogP contribution in [0.1, 0.15) is 5.56 Å². The van der Waals surface area contributed by atoms with Crippen molar-refractivity contribution in [3.8, 4) is 17.2 Å². The van der Waals surface area contributed by atoms with E-state index in [1.165, 1.54) is 0 Å². The highest BCUT2D eigenvalue weighted by Crippen LogP contribution is 2.31. The van der Waals surface area contributed by atoms with Crippen molar-refractivity contribution in [1.29, 1.82) is 5.26 Å². The second kappa shape index (κ2) is 6.25. The van der Waals surface area contributed by atoms with Gasteiger partial charge in [-0.3, -0.25) is 0 Å². The maximum atomic E-state index is 9.41. The molecule has 3 rings (SSSR count). The highest BCUT2D eigenvalue weighted by Gasteiger charge is 2.17. The van der Waals surface area contributed by atoms with E-state index in [9.17, 15) is 5.26 Å². The van der Waals surface area contributed by atoms with Gasteiger partial charge in [0.1, 0.15) is 16.5 Å². The van der Waals surface area contributed by atoms with Crippen LogP contribution in [0.25, 0.3) is 11.1 Å². The molecule has 1 saturated heterocycles. The molecule has 0 amide bonds. The molecule has 0 saturated carbocycles. The van der Waals surface area contributed by atoms with E-state index in [4.69, 9.17) is 4.74 Å². The van der Waals surface area contributed by atoms with Crippen molar-refractivity contribution in [2.45, 2.75) is 0 Å². The highest BCUT2D eigenvalue weighted by atomic mass is 79.9. The van der Waals surface area contributed by atoms with Gasteiger partial charge in [-0.25, -0.2) is 4.98 Å². The minimum atomic E-state index is 0.568. The number of hydrogen-bond acceptors (Lipinski definition) is 4. The van der Waals surface area contributed by atoms with Gasteiger partial charge in [0.25, 0.3) is 0 Å². The van der Waals surface area contributed by atoms with Crippen molar-refractivity contribution in [2.75, 3.05) is 31.2 Å². The Hall–Kier alpha value is -1.90. The fourth-order valence-corrected chi connectivity index (χ4v) is 2.89. The van der Waals surface area contributed by atoms with Crippen LogP contribution < -0.4 is 4.90 Å². The van der Waals surface area contributed by atoms with Gasteiger partial charge < -0.3 is 9.64 Å². The number of anilines is 1. The second-order valence-corrected chi connectivity index (χ2v) is 5.52. The van der Waals surface area contributed by atoms with Crippen LogP contribution in [0.2, 0.25) is 0 Å². The maximum Gasteiger partial charge on any atom is 0.130 e. The predicted molar refractivity (Wildman–Crippen MR) is 85.1 cm³/mol. The lowest BCUT2D eigenvalue weighted by atomic mass is 10.0. The van der Waals surface area contributed by atoms with E-state index in [2.05, 4.69) is 31.9 Å². The third kappa shape index (κ3) is 2.92. The molecule has 0 bridgehead atoms. The van der Waals surface area contributed by atoms with E-state index >= 15 is 0 Å². The topological polar surface area (TPSA) is 49.2 Å². The molecule has 1 aliphatic rings. The number of benzene rings is 1. The fourth-order valence-electron chi connectivity index (χ4n) is 2.41. The summed E-state index contributed by atoms with van der Waals surface area (Å²) in [7, 11) is 0. The number of pyridine rings is 1. The summed E-state index contributed by atoms with van der Waals surface area (Å²) < 4.78 is 5.97. The summed E-state index contributed by atoms with van der Waals surface area (Å²) in [5.74, 6) is 0.878. The number of nitrogens with zero attached hydrogens (tertiary/aromatic N) is 3. The molecule has 5 heteroatoms. The van der Waals surface area contributed by atoms with Gasteiger partial charge in [-0.2, -0.15) is 5.26 Å². The molecule has 2 heterocycles. The van der Waals surface area contributed by atoms with Gasteiger partial charge in [0, 0.05) is 18.7 Å². The lowest BCUT2D eigenvalue weighted by molar-refractivity contribution is 0.122. The smallest absolute Gasteiger partial charge is 0.130 e. The molecular formula is C16H14BrN3O. The van der Waals surface area contributed by atoms with Gasteiger partial charge in [0.15, 0.2) is 0 Å². The van der Waals surface area contributed by atoms with E-state index < -0.39 is 0 Å². The molecule has 1 fully saturated rings. The number of halogens is 1. The molecule has 1 aromatic carbocycles. The largest absolute Gasteiger partial charge is 0.378 e. The number of nitriles is 1. The first kappa shape index (κ1) is 14.1. The molecule has 4 nitrogen and oxygen atoms in total. The lowest BCUT2D eigenvalue weighted by Crippen LogP contribution is -2.36. The molecule has 0 atom stereocenters. The van der Waals surface area contributed by atoms with Gasteiger partial charge in [0.05, 0.1) is 18.8 Å². The first-order chi connectivity index (χ1) is 10.3. The van der Waals surface area contributed by atoms with E-state index in [-0.39, 0.29) is 0 Å². The van der Waals surface area contributed by atoms with Gasteiger partial charge >= 0.3 is 0 Å². The summed E-state index contributed by atoms with van der Waals surface area (Å²) in [6, 6.07) is 14.2. The molecule has 0 N–H and O–H groups in total. The molecule has 0 aliphatic carbocycles. The molecule has 0 unspecified atom stereocenters. The van der Waals surface area contributed by atoms with Crippen LogP contribution in [0.3, 0.4) is 0 Å². The Morgan fingerprint density at radius 1 is 1.19 bits per heavy atom. The number of morpholine rings is 1. The Balaban J connectivity index is 2.09. The van der Waals surface area contributed by atoms with Crippen LogP contribution in [0, 0.1) is 11.3 Å². The lowest BCUT2D eigenvalue weighted by Gasteiger charge is -2.28. The zero-order valence-electron chi connectivity index (χ0n) is 11.4. The van der Waals surface area contributed by atoms with Gasteiger partial charge in [-0.05, 0) is 27.6 Å². The number of ether oxygens (including phenoxy) is 1. The van der Waals surface area contributed by atoms with Crippen LogP contribution in [-0.4, -0.2) is 31.3 Å². The van der Waals surface area contributed by atoms with Crippen LogP contribution in [0.15, 0.2) is 41.0 Å². The number of aromatic nitrogens is 1. The SMILES string of the molecule is N#Cc1c(-c2ccccc2)cc(N2CCOCC2)nc1Br. The molecule has 1 aliphatic heterocycles. The van der Waals surface area contributed by atoms with Crippen molar-refractivity contribution in [3.63, 3.8) is 0 Å². The van der Waals surface area contributed by atoms with Crippen LogP contribution in [0.4, 0.5) is 5.82 Å². The summed E-state index contributed by atoms with van der Waals surface area (Å²) in [5, 5.41) is 9.41. The van der Waals surface area contributed by atoms with Crippen LogP contribution >= 0.6 is 15.9 Å². The fraction of sp³-hybridized carbons (Fsp3) is 0.250. The standard InChI is InChI=1S/C16H14BrN3O/c17-16-14(11-18)13(12-4-2-1-3-5-12)10-15(19-16)20-6-8-21-9-7-20/h1-5,10H,6-9H2. The molecule has 1 aromatic heterocycles. The van der Waals surface area contributed by atoms with E-state index in [0.717, 1.165) is 30.0 Å².